The van der Waals surface area contributed by atoms with E-state index in [1.165, 1.54) is 22.2 Å². The van der Waals surface area contributed by atoms with Crippen LogP contribution in [0.2, 0.25) is 0 Å². The first-order valence-electron chi connectivity index (χ1n) is 11.6. The minimum atomic E-state index is -0.505. The van der Waals surface area contributed by atoms with Gasteiger partial charge in [-0.1, -0.05) is 67.5 Å². The maximum atomic E-state index is 6.58. The highest BCUT2D eigenvalue weighted by atomic mass is 16.5. The Hall–Kier alpha value is -2.29. The largest absolute Gasteiger partial charge is 0.467 e. The summed E-state index contributed by atoms with van der Waals surface area (Å²) < 4.78 is 8.90. The molecule has 164 valence electrons. The van der Waals surface area contributed by atoms with Crippen LogP contribution in [0.1, 0.15) is 91.8 Å². The van der Waals surface area contributed by atoms with Crippen LogP contribution < -0.4 is 4.74 Å². The van der Waals surface area contributed by atoms with Crippen molar-refractivity contribution < 1.29 is 4.74 Å². The molecule has 0 bridgehead atoms. The molecule has 0 fully saturated rings. The average molecular weight is 417 g/mol. The van der Waals surface area contributed by atoms with Crippen molar-refractivity contribution in [3.05, 3.63) is 47.0 Å². The smallest absolute Gasteiger partial charge is 0.182 e. The summed E-state index contributed by atoms with van der Waals surface area (Å²) in [5.74, 6) is 2.37. The number of rotatable bonds is 1. The summed E-state index contributed by atoms with van der Waals surface area (Å²) in [6.07, 6.45) is 0. The van der Waals surface area contributed by atoms with Gasteiger partial charge in [0.05, 0.1) is 16.6 Å². The van der Waals surface area contributed by atoms with Crippen molar-refractivity contribution in [3.63, 3.8) is 0 Å². The number of hydrogen-bond acceptors (Lipinski definition) is 2. The molecule has 0 atom stereocenters. The Labute approximate surface area is 186 Å². The Balaban J connectivity index is 1.88. The first kappa shape index (κ1) is 20.6. The minimum Gasteiger partial charge on any atom is -0.467 e. The van der Waals surface area contributed by atoms with Crippen molar-refractivity contribution >= 4 is 11.0 Å². The molecule has 0 N–H and O–H groups in total. The van der Waals surface area contributed by atoms with Crippen LogP contribution in [-0.2, 0) is 16.6 Å². The molecule has 1 aromatic heterocycles. The van der Waals surface area contributed by atoms with Gasteiger partial charge in [-0.25, -0.2) is 4.98 Å². The van der Waals surface area contributed by atoms with E-state index in [1.807, 2.05) is 0 Å². The molecule has 2 aliphatic rings. The third-order valence-corrected chi connectivity index (χ3v) is 9.07. The van der Waals surface area contributed by atoms with E-state index >= 15 is 0 Å². The molecule has 2 heterocycles. The lowest BCUT2D eigenvalue weighted by Crippen LogP contribution is -2.42. The molecule has 1 aliphatic heterocycles. The van der Waals surface area contributed by atoms with E-state index in [0.29, 0.717) is 5.92 Å². The van der Waals surface area contributed by atoms with Crippen LogP contribution in [0.3, 0.4) is 0 Å². The first-order valence-corrected chi connectivity index (χ1v) is 11.6. The lowest BCUT2D eigenvalue weighted by atomic mass is 9.59. The number of imidazole rings is 1. The molecule has 3 nitrogen and oxygen atoms in total. The Morgan fingerprint density at radius 3 is 2.10 bits per heavy atom. The third-order valence-electron chi connectivity index (χ3n) is 9.07. The number of hydrogen-bond donors (Lipinski definition) is 0. The van der Waals surface area contributed by atoms with Gasteiger partial charge in [0.15, 0.2) is 5.72 Å². The van der Waals surface area contributed by atoms with Crippen molar-refractivity contribution in [2.75, 3.05) is 0 Å². The predicted molar refractivity (Wildman–Crippen MR) is 129 cm³/mol. The molecular formula is C28H36N2O. The highest BCUT2D eigenvalue weighted by Gasteiger charge is 2.57. The fourth-order valence-corrected chi connectivity index (χ4v) is 5.99. The standard InChI is InChI=1S/C28H36N2O/c1-16(2)17-12-11-13-22-23(17)24-29-20-14-18-19(15-21(20)30(24)28(9,10)31-22)26(5,6)27(7,8)25(18,3)4/h11-16H,1-10H3. The van der Waals surface area contributed by atoms with Gasteiger partial charge in [0, 0.05) is 0 Å². The van der Waals surface area contributed by atoms with Crippen LogP contribution in [-0.4, -0.2) is 9.55 Å². The van der Waals surface area contributed by atoms with Gasteiger partial charge >= 0.3 is 0 Å². The quantitative estimate of drug-likeness (QED) is 0.410. The second kappa shape index (κ2) is 5.74. The zero-order valence-electron chi connectivity index (χ0n) is 20.8. The zero-order valence-corrected chi connectivity index (χ0v) is 20.8. The second-order valence-electron chi connectivity index (χ2n) is 12.0. The summed E-state index contributed by atoms with van der Waals surface area (Å²) in [4.78, 5) is 5.25. The van der Waals surface area contributed by atoms with Gasteiger partial charge in [-0.15, -0.1) is 0 Å². The highest BCUT2D eigenvalue weighted by Crippen LogP contribution is 2.62. The summed E-state index contributed by atoms with van der Waals surface area (Å²) >= 11 is 0. The zero-order chi connectivity index (χ0) is 22.7. The summed E-state index contributed by atoms with van der Waals surface area (Å²) in [5, 5.41) is 0. The lowest BCUT2D eigenvalue weighted by molar-refractivity contribution is 0.0304. The van der Waals surface area contributed by atoms with Crippen LogP contribution in [0.4, 0.5) is 0 Å². The van der Waals surface area contributed by atoms with Crippen LogP contribution in [0.15, 0.2) is 30.3 Å². The van der Waals surface area contributed by atoms with Crippen molar-refractivity contribution in [2.24, 2.45) is 5.41 Å². The number of aromatic nitrogens is 2. The number of nitrogens with zero attached hydrogens (tertiary/aromatic N) is 2. The molecule has 1 aliphatic carbocycles. The van der Waals surface area contributed by atoms with Gasteiger partial charge in [-0.05, 0) is 70.9 Å². The Bertz CT molecular complexity index is 1240. The highest BCUT2D eigenvalue weighted by molar-refractivity contribution is 5.86. The summed E-state index contributed by atoms with van der Waals surface area (Å²) in [6.45, 7) is 23.2. The van der Waals surface area contributed by atoms with Gasteiger partial charge in [-0.2, -0.15) is 0 Å². The summed E-state index contributed by atoms with van der Waals surface area (Å²) in [6, 6.07) is 11.2. The number of ether oxygens (including phenoxy) is 1. The normalized spacial score (nSPS) is 21.5. The topological polar surface area (TPSA) is 27.1 Å². The molecule has 3 heteroatoms. The average Bonchev–Trinajstić information content (AvgIpc) is 3.08. The Kier molecular flexibility index (Phi) is 3.81. The van der Waals surface area contributed by atoms with E-state index < -0.39 is 5.72 Å². The maximum absolute atomic E-state index is 6.58. The van der Waals surface area contributed by atoms with Crippen LogP contribution in [0, 0.1) is 5.41 Å². The van der Waals surface area contributed by atoms with Crippen molar-refractivity contribution in [2.45, 2.75) is 91.7 Å². The van der Waals surface area contributed by atoms with Crippen LogP contribution >= 0.6 is 0 Å². The van der Waals surface area contributed by atoms with E-state index in [2.05, 4.69) is 104 Å². The van der Waals surface area contributed by atoms with Crippen molar-refractivity contribution in [1.29, 1.82) is 0 Å². The molecule has 2 aromatic carbocycles. The van der Waals surface area contributed by atoms with Crippen molar-refractivity contribution in [1.82, 2.24) is 9.55 Å². The van der Waals surface area contributed by atoms with Crippen LogP contribution in [0.5, 0.6) is 5.75 Å². The molecular weight excluding hydrogens is 380 g/mol. The molecule has 3 aromatic rings. The van der Waals surface area contributed by atoms with Gasteiger partial charge in [0.2, 0.25) is 0 Å². The second-order valence-corrected chi connectivity index (χ2v) is 12.0. The summed E-state index contributed by atoms with van der Waals surface area (Å²) in [5.41, 5.74) is 7.30. The number of fused-ring (bicyclic) bond motifs is 6. The van der Waals surface area contributed by atoms with Gasteiger partial charge in [-0.3, -0.25) is 4.57 Å². The lowest BCUT2D eigenvalue weighted by Gasteiger charge is -2.44. The molecule has 0 unspecified atom stereocenters. The fraction of sp³-hybridized carbons (Fsp3) is 0.536. The maximum Gasteiger partial charge on any atom is 0.182 e. The number of benzene rings is 2. The summed E-state index contributed by atoms with van der Waals surface area (Å²) in [7, 11) is 0. The van der Waals surface area contributed by atoms with E-state index in [1.54, 1.807) is 0 Å². The molecule has 0 saturated carbocycles. The van der Waals surface area contributed by atoms with Crippen molar-refractivity contribution in [3.8, 4) is 17.1 Å². The molecule has 0 saturated heterocycles. The molecule has 0 radical (unpaired) electrons. The van der Waals surface area contributed by atoms with E-state index in [9.17, 15) is 0 Å². The molecule has 31 heavy (non-hydrogen) atoms. The Morgan fingerprint density at radius 1 is 0.871 bits per heavy atom. The van der Waals surface area contributed by atoms with E-state index in [4.69, 9.17) is 9.72 Å². The fourth-order valence-electron chi connectivity index (χ4n) is 5.99. The van der Waals surface area contributed by atoms with Gasteiger partial charge < -0.3 is 4.74 Å². The predicted octanol–water partition coefficient (Wildman–Crippen LogP) is 7.51. The first-order chi connectivity index (χ1) is 14.2. The van der Waals surface area contributed by atoms with Crippen LogP contribution in [0.25, 0.3) is 22.4 Å². The van der Waals surface area contributed by atoms with E-state index in [-0.39, 0.29) is 16.2 Å². The monoisotopic (exact) mass is 416 g/mol. The SMILES string of the molecule is CC(C)c1cccc2c1-c1nc3cc4c(cc3n1C(C)(C)O2)C(C)(C)C(C)(C)C4(C)C. The minimum absolute atomic E-state index is 0.0609. The van der Waals surface area contributed by atoms with Gasteiger partial charge in [0.25, 0.3) is 0 Å². The third kappa shape index (κ3) is 2.33. The molecule has 0 amide bonds. The molecule has 5 rings (SSSR count). The molecule has 0 spiro atoms. The van der Waals surface area contributed by atoms with E-state index in [0.717, 1.165) is 22.7 Å². The van der Waals surface area contributed by atoms with Gasteiger partial charge in [0.1, 0.15) is 11.6 Å². The Morgan fingerprint density at radius 2 is 1.48 bits per heavy atom.